The third-order valence-electron chi connectivity index (χ3n) is 4.70. The normalized spacial score (nSPS) is 15.4. The van der Waals surface area contributed by atoms with Crippen LogP contribution in [0.1, 0.15) is 44.1 Å². The predicted molar refractivity (Wildman–Crippen MR) is 100 cm³/mol. The Kier molecular flexibility index (Phi) is 6.04. The van der Waals surface area contributed by atoms with E-state index in [0.717, 1.165) is 11.4 Å². The summed E-state index contributed by atoms with van der Waals surface area (Å²) < 4.78 is 13.6. The zero-order chi connectivity index (χ0) is 17.5. The van der Waals surface area contributed by atoms with Crippen molar-refractivity contribution >= 4 is 17.3 Å². The highest BCUT2D eigenvalue weighted by atomic mass is 19.1. The molecule has 3 nitrogen and oxygen atoms in total. The van der Waals surface area contributed by atoms with Crippen molar-refractivity contribution in [3.8, 4) is 0 Å². The second kappa shape index (κ2) is 8.65. The van der Waals surface area contributed by atoms with Crippen LogP contribution < -0.4 is 10.6 Å². The molecule has 3 rings (SSSR count). The van der Waals surface area contributed by atoms with Gasteiger partial charge in [-0.1, -0.05) is 43.9 Å². The third kappa shape index (κ3) is 5.31. The molecular formula is C21H25FN2O. The van der Waals surface area contributed by atoms with Crippen LogP contribution in [0.5, 0.6) is 0 Å². The number of benzene rings is 2. The Hall–Kier alpha value is -2.36. The van der Waals surface area contributed by atoms with Crippen LogP contribution in [0, 0.1) is 5.82 Å². The Balaban J connectivity index is 1.53. The smallest absolute Gasteiger partial charge is 0.228 e. The Morgan fingerprint density at radius 3 is 2.24 bits per heavy atom. The van der Waals surface area contributed by atoms with Gasteiger partial charge in [0, 0.05) is 17.4 Å². The molecule has 0 saturated heterocycles. The van der Waals surface area contributed by atoms with Gasteiger partial charge in [0.15, 0.2) is 0 Å². The first-order valence-corrected chi connectivity index (χ1v) is 9.10. The minimum absolute atomic E-state index is 0.0365. The number of rotatable bonds is 5. The minimum atomic E-state index is -0.347. The molecule has 0 heterocycles. The summed E-state index contributed by atoms with van der Waals surface area (Å²) in [7, 11) is 0. The van der Waals surface area contributed by atoms with Crippen molar-refractivity contribution in [3.63, 3.8) is 0 Å². The molecule has 0 unspecified atom stereocenters. The highest BCUT2D eigenvalue weighted by molar-refractivity contribution is 5.92. The predicted octanol–water partition coefficient (Wildman–Crippen LogP) is 5.14. The molecule has 4 heteroatoms. The molecule has 1 saturated carbocycles. The van der Waals surface area contributed by atoms with Gasteiger partial charge in [0.1, 0.15) is 5.82 Å². The number of nitrogens with one attached hydrogen (secondary N) is 2. The average molecular weight is 340 g/mol. The molecular weight excluding hydrogens is 315 g/mol. The molecule has 1 fully saturated rings. The summed E-state index contributed by atoms with van der Waals surface area (Å²) in [6, 6.07) is 14.7. The van der Waals surface area contributed by atoms with Crippen LogP contribution in [0.3, 0.4) is 0 Å². The van der Waals surface area contributed by atoms with E-state index >= 15 is 0 Å². The molecule has 0 aromatic heterocycles. The first kappa shape index (κ1) is 17.5. The van der Waals surface area contributed by atoms with E-state index < -0.39 is 0 Å². The lowest BCUT2D eigenvalue weighted by Gasteiger charge is -2.18. The molecule has 2 aromatic rings. The largest absolute Gasteiger partial charge is 0.382 e. The lowest BCUT2D eigenvalue weighted by molar-refractivity contribution is -0.115. The average Bonchev–Trinajstić information content (AvgIpc) is 2.87. The van der Waals surface area contributed by atoms with Gasteiger partial charge in [0.25, 0.3) is 0 Å². The van der Waals surface area contributed by atoms with Crippen molar-refractivity contribution in [1.82, 2.24) is 0 Å². The van der Waals surface area contributed by atoms with Crippen molar-refractivity contribution in [2.45, 2.75) is 51.0 Å². The van der Waals surface area contributed by atoms with Crippen molar-refractivity contribution in [2.75, 3.05) is 10.6 Å². The van der Waals surface area contributed by atoms with E-state index in [1.807, 2.05) is 24.3 Å². The standard InChI is InChI=1S/C21H25FN2O/c22-20-10-6-5-7-16(20)15-21(25)24-19-13-11-18(12-14-19)23-17-8-3-1-2-4-9-17/h5-7,10-14,17,23H,1-4,8-9,15H2,(H,24,25). The summed E-state index contributed by atoms with van der Waals surface area (Å²) in [6.45, 7) is 0. The van der Waals surface area contributed by atoms with E-state index in [0.29, 0.717) is 11.6 Å². The topological polar surface area (TPSA) is 41.1 Å². The fourth-order valence-corrected chi connectivity index (χ4v) is 3.33. The summed E-state index contributed by atoms with van der Waals surface area (Å²) in [4.78, 5) is 12.1. The van der Waals surface area contributed by atoms with E-state index in [-0.39, 0.29) is 18.1 Å². The van der Waals surface area contributed by atoms with Gasteiger partial charge in [-0.3, -0.25) is 4.79 Å². The molecule has 25 heavy (non-hydrogen) atoms. The molecule has 1 amide bonds. The lowest BCUT2D eigenvalue weighted by atomic mass is 10.1. The van der Waals surface area contributed by atoms with Gasteiger partial charge < -0.3 is 10.6 Å². The van der Waals surface area contributed by atoms with Gasteiger partial charge in [-0.05, 0) is 48.7 Å². The number of carbonyl (C=O) groups excluding carboxylic acids is 1. The SMILES string of the molecule is O=C(Cc1ccccc1F)Nc1ccc(NC2CCCCCC2)cc1. The second-order valence-electron chi connectivity index (χ2n) is 6.73. The molecule has 1 aliphatic rings. The molecule has 0 bridgehead atoms. The van der Waals surface area contributed by atoms with Crippen molar-refractivity contribution < 1.29 is 9.18 Å². The molecule has 132 valence electrons. The van der Waals surface area contributed by atoms with E-state index in [1.165, 1.54) is 44.6 Å². The van der Waals surface area contributed by atoms with E-state index in [9.17, 15) is 9.18 Å². The van der Waals surface area contributed by atoms with Crippen molar-refractivity contribution in [2.24, 2.45) is 0 Å². The lowest BCUT2D eigenvalue weighted by Crippen LogP contribution is -2.18. The molecule has 0 aliphatic heterocycles. The quantitative estimate of drug-likeness (QED) is 0.740. The number of anilines is 2. The molecule has 0 atom stereocenters. The number of carbonyl (C=O) groups is 1. The number of halogens is 1. The molecule has 1 aliphatic carbocycles. The summed E-state index contributed by atoms with van der Waals surface area (Å²) in [5.41, 5.74) is 2.22. The number of amides is 1. The molecule has 0 radical (unpaired) electrons. The summed E-state index contributed by atoms with van der Waals surface area (Å²) in [5, 5.41) is 6.41. The fraction of sp³-hybridized carbons (Fsp3) is 0.381. The first-order valence-electron chi connectivity index (χ1n) is 9.10. The maximum absolute atomic E-state index is 13.6. The summed E-state index contributed by atoms with van der Waals surface area (Å²) in [5.74, 6) is -0.560. The van der Waals surface area contributed by atoms with Gasteiger partial charge in [-0.15, -0.1) is 0 Å². The maximum atomic E-state index is 13.6. The molecule has 2 aromatic carbocycles. The van der Waals surface area contributed by atoms with Crippen LogP contribution in [-0.2, 0) is 11.2 Å². The van der Waals surface area contributed by atoms with E-state index in [1.54, 1.807) is 18.2 Å². The van der Waals surface area contributed by atoms with Gasteiger partial charge in [0.2, 0.25) is 5.91 Å². The van der Waals surface area contributed by atoms with Crippen LogP contribution >= 0.6 is 0 Å². The van der Waals surface area contributed by atoms with Crippen LogP contribution in [0.25, 0.3) is 0 Å². The van der Waals surface area contributed by atoms with E-state index in [4.69, 9.17) is 0 Å². The Morgan fingerprint density at radius 1 is 0.920 bits per heavy atom. The van der Waals surface area contributed by atoms with Gasteiger partial charge in [-0.2, -0.15) is 0 Å². The maximum Gasteiger partial charge on any atom is 0.228 e. The molecule has 2 N–H and O–H groups in total. The van der Waals surface area contributed by atoms with Crippen LogP contribution in [-0.4, -0.2) is 11.9 Å². The zero-order valence-electron chi connectivity index (χ0n) is 14.4. The Morgan fingerprint density at radius 2 is 1.56 bits per heavy atom. The van der Waals surface area contributed by atoms with E-state index in [2.05, 4.69) is 10.6 Å². The highest BCUT2D eigenvalue weighted by Gasteiger charge is 2.12. The Bertz CT molecular complexity index is 691. The summed E-state index contributed by atoms with van der Waals surface area (Å²) >= 11 is 0. The zero-order valence-corrected chi connectivity index (χ0v) is 14.4. The summed E-state index contributed by atoms with van der Waals surface area (Å²) in [6.07, 6.45) is 7.75. The second-order valence-corrected chi connectivity index (χ2v) is 6.73. The monoisotopic (exact) mass is 340 g/mol. The number of hydrogen-bond acceptors (Lipinski definition) is 2. The third-order valence-corrected chi connectivity index (χ3v) is 4.70. The van der Waals surface area contributed by atoms with Crippen LogP contribution in [0.2, 0.25) is 0 Å². The van der Waals surface area contributed by atoms with Crippen LogP contribution in [0.15, 0.2) is 48.5 Å². The van der Waals surface area contributed by atoms with Gasteiger partial charge in [0.05, 0.1) is 6.42 Å². The van der Waals surface area contributed by atoms with Crippen molar-refractivity contribution in [1.29, 1.82) is 0 Å². The minimum Gasteiger partial charge on any atom is -0.382 e. The number of hydrogen-bond donors (Lipinski definition) is 2. The van der Waals surface area contributed by atoms with Crippen molar-refractivity contribution in [3.05, 3.63) is 59.9 Å². The van der Waals surface area contributed by atoms with Crippen LogP contribution in [0.4, 0.5) is 15.8 Å². The first-order chi connectivity index (χ1) is 12.2. The van der Waals surface area contributed by atoms with Gasteiger partial charge in [-0.25, -0.2) is 4.39 Å². The highest BCUT2D eigenvalue weighted by Crippen LogP contribution is 2.22. The molecule has 0 spiro atoms. The van der Waals surface area contributed by atoms with Gasteiger partial charge >= 0.3 is 0 Å². The Labute approximate surface area is 148 Å². The fourth-order valence-electron chi connectivity index (χ4n) is 3.33.